The molecular formula is C39H25N. The zero-order valence-corrected chi connectivity index (χ0v) is 21.9. The van der Waals surface area contributed by atoms with Crippen LogP contribution in [0.15, 0.2) is 152 Å². The Morgan fingerprint density at radius 3 is 1.68 bits per heavy atom. The van der Waals surface area contributed by atoms with Gasteiger partial charge < -0.3 is 0 Å². The van der Waals surface area contributed by atoms with Crippen molar-refractivity contribution in [3.05, 3.63) is 152 Å². The largest absolute Gasteiger partial charge is 0.264 e. The molecule has 1 aliphatic rings. The highest BCUT2D eigenvalue weighted by atomic mass is 14.6. The lowest BCUT2D eigenvalue weighted by Gasteiger charge is -2.21. The average molecular weight is 508 g/mol. The highest BCUT2D eigenvalue weighted by molar-refractivity contribution is 6.22. The first-order chi connectivity index (χ1) is 19.9. The highest BCUT2D eigenvalue weighted by Gasteiger charge is 2.30. The van der Waals surface area contributed by atoms with Gasteiger partial charge in [0.25, 0.3) is 0 Å². The fourth-order valence-corrected chi connectivity index (χ4v) is 6.37. The van der Waals surface area contributed by atoms with Crippen LogP contribution in [0, 0.1) is 0 Å². The van der Waals surface area contributed by atoms with Crippen LogP contribution in [0.2, 0.25) is 0 Å². The molecule has 0 saturated heterocycles. The van der Waals surface area contributed by atoms with Crippen LogP contribution >= 0.6 is 0 Å². The summed E-state index contributed by atoms with van der Waals surface area (Å²) in [6.45, 7) is 0. The van der Waals surface area contributed by atoms with E-state index >= 15 is 0 Å². The standard InChI is InChI=1S/C39H25N/c1-3-11-26(12-4-1)34-24-35(30-18-7-17-29(23-30)31-19-10-22-40-25-31)37(28-13-5-2-6-14-28)39-33-21-9-16-27-15-8-20-32(36(27)33)38(34)39/h1-25H. The second-order valence-electron chi connectivity index (χ2n) is 10.4. The summed E-state index contributed by atoms with van der Waals surface area (Å²) in [4.78, 5) is 4.37. The molecule has 0 amide bonds. The molecule has 0 spiro atoms. The monoisotopic (exact) mass is 507 g/mol. The second kappa shape index (κ2) is 9.18. The Morgan fingerprint density at radius 2 is 0.950 bits per heavy atom. The molecule has 0 bridgehead atoms. The number of pyridine rings is 1. The average Bonchev–Trinajstić information content (AvgIpc) is 3.38. The van der Waals surface area contributed by atoms with Crippen molar-refractivity contribution in [1.82, 2.24) is 4.98 Å². The van der Waals surface area contributed by atoms with Gasteiger partial charge in [-0.15, -0.1) is 0 Å². The van der Waals surface area contributed by atoms with Gasteiger partial charge in [0.1, 0.15) is 0 Å². The van der Waals surface area contributed by atoms with Crippen molar-refractivity contribution in [2.24, 2.45) is 0 Å². The predicted molar refractivity (Wildman–Crippen MR) is 168 cm³/mol. The van der Waals surface area contributed by atoms with E-state index in [1.165, 1.54) is 66.4 Å². The minimum atomic E-state index is 1.12. The van der Waals surface area contributed by atoms with Crippen molar-refractivity contribution in [2.45, 2.75) is 0 Å². The second-order valence-corrected chi connectivity index (χ2v) is 10.4. The van der Waals surface area contributed by atoms with E-state index in [1.807, 2.05) is 18.5 Å². The summed E-state index contributed by atoms with van der Waals surface area (Å²) in [7, 11) is 0. The fraction of sp³-hybridized carbons (Fsp3) is 0. The predicted octanol–water partition coefficient (Wildman–Crippen LogP) is 10.6. The number of hydrogen-bond donors (Lipinski definition) is 0. The van der Waals surface area contributed by atoms with Crippen LogP contribution in [-0.4, -0.2) is 4.98 Å². The lowest BCUT2D eigenvalue weighted by atomic mass is 9.82. The maximum absolute atomic E-state index is 4.37. The molecule has 1 aliphatic carbocycles. The van der Waals surface area contributed by atoms with E-state index in [9.17, 15) is 0 Å². The minimum Gasteiger partial charge on any atom is -0.264 e. The van der Waals surface area contributed by atoms with Crippen LogP contribution in [0.5, 0.6) is 0 Å². The molecule has 0 aliphatic heterocycles. The van der Waals surface area contributed by atoms with E-state index in [1.54, 1.807) is 0 Å². The van der Waals surface area contributed by atoms with Gasteiger partial charge in [-0.25, -0.2) is 0 Å². The quantitative estimate of drug-likeness (QED) is 0.231. The Hall–Kier alpha value is -5.27. The van der Waals surface area contributed by atoms with Crippen molar-refractivity contribution in [3.63, 3.8) is 0 Å². The molecule has 0 radical (unpaired) electrons. The van der Waals surface area contributed by atoms with Crippen LogP contribution in [0.3, 0.4) is 0 Å². The third-order valence-electron chi connectivity index (χ3n) is 8.09. The molecule has 1 heteroatoms. The molecule has 1 aromatic heterocycles. The first kappa shape index (κ1) is 22.7. The van der Waals surface area contributed by atoms with Gasteiger partial charge in [0.15, 0.2) is 0 Å². The molecule has 0 N–H and O–H groups in total. The Balaban J connectivity index is 1.52. The Morgan fingerprint density at radius 1 is 0.350 bits per heavy atom. The van der Waals surface area contributed by atoms with Crippen LogP contribution in [0.1, 0.15) is 0 Å². The number of rotatable bonds is 4. The van der Waals surface area contributed by atoms with Crippen LogP contribution in [0.25, 0.3) is 77.5 Å². The number of nitrogens with zero attached hydrogens (tertiary/aromatic N) is 1. The molecule has 6 aromatic carbocycles. The summed E-state index contributed by atoms with van der Waals surface area (Å²) in [5, 5.41) is 2.62. The number of fused-ring (bicyclic) bond motifs is 3. The molecule has 0 saturated carbocycles. The van der Waals surface area contributed by atoms with Crippen LogP contribution in [0.4, 0.5) is 0 Å². The maximum atomic E-state index is 4.37. The molecule has 1 heterocycles. The zero-order valence-electron chi connectivity index (χ0n) is 21.9. The van der Waals surface area contributed by atoms with E-state index in [0.29, 0.717) is 0 Å². The van der Waals surface area contributed by atoms with Gasteiger partial charge in [-0.3, -0.25) is 4.98 Å². The molecule has 8 rings (SSSR count). The summed E-state index contributed by atoms with van der Waals surface area (Å²) in [6, 6.07) is 50.6. The normalized spacial score (nSPS) is 11.5. The van der Waals surface area contributed by atoms with E-state index in [0.717, 1.165) is 11.1 Å². The first-order valence-corrected chi connectivity index (χ1v) is 13.7. The maximum Gasteiger partial charge on any atom is 0.0346 e. The molecule has 186 valence electrons. The Kier molecular flexibility index (Phi) is 5.21. The zero-order chi connectivity index (χ0) is 26.5. The number of benzene rings is 6. The first-order valence-electron chi connectivity index (χ1n) is 13.7. The molecule has 1 nitrogen and oxygen atoms in total. The van der Waals surface area contributed by atoms with Gasteiger partial charge in [-0.1, -0.05) is 121 Å². The minimum absolute atomic E-state index is 1.12. The van der Waals surface area contributed by atoms with Gasteiger partial charge >= 0.3 is 0 Å². The van der Waals surface area contributed by atoms with Crippen molar-refractivity contribution < 1.29 is 0 Å². The molecule has 0 unspecified atom stereocenters. The Bertz CT molecular complexity index is 2020. The van der Waals surface area contributed by atoms with Gasteiger partial charge in [0.2, 0.25) is 0 Å². The summed E-state index contributed by atoms with van der Waals surface area (Å²) in [5.41, 5.74) is 15.0. The van der Waals surface area contributed by atoms with Crippen molar-refractivity contribution >= 4 is 10.8 Å². The SMILES string of the molecule is c1ccc(-c2cc(-c3cccc(-c4cccnc4)c3)c(-c3ccccc3)c3c2-c2cccc4cccc-3c24)cc1. The smallest absolute Gasteiger partial charge is 0.0346 e. The number of aromatic nitrogens is 1. The summed E-state index contributed by atoms with van der Waals surface area (Å²) >= 11 is 0. The fourth-order valence-electron chi connectivity index (χ4n) is 6.37. The number of hydrogen-bond acceptors (Lipinski definition) is 1. The van der Waals surface area contributed by atoms with Crippen molar-refractivity contribution in [3.8, 4) is 66.8 Å². The summed E-state index contributed by atoms with van der Waals surface area (Å²) < 4.78 is 0. The lowest BCUT2D eigenvalue weighted by Crippen LogP contribution is -1.94. The summed E-state index contributed by atoms with van der Waals surface area (Å²) in [5.74, 6) is 0. The third kappa shape index (κ3) is 3.52. The molecule has 0 fully saturated rings. The van der Waals surface area contributed by atoms with Crippen molar-refractivity contribution in [2.75, 3.05) is 0 Å². The highest BCUT2D eigenvalue weighted by Crippen LogP contribution is 2.57. The molecule has 7 aromatic rings. The van der Waals surface area contributed by atoms with Gasteiger partial charge in [-0.05, 0) is 90.2 Å². The van der Waals surface area contributed by atoms with Gasteiger partial charge in [-0.2, -0.15) is 0 Å². The molecular weight excluding hydrogens is 482 g/mol. The van der Waals surface area contributed by atoms with E-state index in [4.69, 9.17) is 0 Å². The topological polar surface area (TPSA) is 12.9 Å². The van der Waals surface area contributed by atoms with E-state index in [-0.39, 0.29) is 0 Å². The van der Waals surface area contributed by atoms with Gasteiger partial charge in [0, 0.05) is 18.0 Å². The van der Waals surface area contributed by atoms with E-state index in [2.05, 4.69) is 138 Å². The van der Waals surface area contributed by atoms with Crippen LogP contribution in [-0.2, 0) is 0 Å². The van der Waals surface area contributed by atoms with E-state index < -0.39 is 0 Å². The Labute approximate surface area is 234 Å². The molecule has 0 atom stereocenters. The van der Waals surface area contributed by atoms with Crippen molar-refractivity contribution in [1.29, 1.82) is 0 Å². The molecule has 40 heavy (non-hydrogen) atoms. The third-order valence-corrected chi connectivity index (χ3v) is 8.09. The summed E-state index contributed by atoms with van der Waals surface area (Å²) in [6.07, 6.45) is 3.76. The van der Waals surface area contributed by atoms with Gasteiger partial charge in [0.05, 0.1) is 0 Å². The van der Waals surface area contributed by atoms with Crippen LogP contribution < -0.4 is 0 Å². The lowest BCUT2D eigenvalue weighted by molar-refractivity contribution is 1.33.